The lowest BCUT2D eigenvalue weighted by atomic mass is 10.1. The Hall–Kier alpha value is -2.31. The van der Waals surface area contributed by atoms with Gasteiger partial charge in [0.25, 0.3) is 0 Å². The molecule has 0 saturated carbocycles. The minimum absolute atomic E-state index is 0.00854. The summed E-state index contributed by atoms with van der Waals surface area (Å²) in [5, 5.41) is 0. The number of carbonyl (C=O) groups is 2. The number of halogens is 1. The summed E-state index contributed by atoms with van der Waals surface area (Å²) in [7, 11) is 0. The monoisotopic (exact) mass is 352 g/mol. The van der Waals surface area contributed by atoms with Crippen LogP contribution in [0.4, 0.5) is 15.0 Å². The summed E-state index contributed by atoms with van der Waals surface area (Å²) in [5.41, 5.74) is 1.45. The Kier molecular flexibility index (Phi) is 6.22. The van der Waals surface area contributed by atoms with Gasteiger partial charge >= 0.3 is 12.1 Å². The molecule has 0 radical (unpaired) electrons. The Balaban J connectivity index is 1.96. The first-order chi connectivity index (χ1) is 11.8. The quantitative estimate of drug-likeness (QED) is 0.833. The zero-order chi connectivity index (χ0) is 18.4. The van der Waals surface area contributed by atoms with Gasteiger partial charge in [-0.15, -0.1) is 0 Å². The lowest BCUT2D eigenvalue weighted by Crippen LogP contribution is -2.50. The molecule has 1 aromatic carbocycles. The van der Waals surface area contributed by atoms with Crippen LogP contribution in [-0.4, -0.2) is 48.7 Å². The van der Waals surface area contributed by atoms with E-state index in [-0.39, 0.29) is 12.5 Å². The van der Waals surface area contributed by atoms with Crippen molar-refractivity contribution in [2.45, 2.75) is 39.2 Å². The van der Waals surface area contributed by atoms with Crippen LogP contribution in [0.2, 0.25) is 0 Å². The average molecular weight is 352 g/mol. The molecular weight excluding hydrogens is 327 g/mol. The Labute approximate surface area is 147 Å². The molecule has 138 valence electrons. The van der Waals surface area contributed by atoms with E-state index in [1.807, 2.05) is 45.0 Å². The number of hydrogen-bond donors (Lipinski definition) is 0. The average Bonchev–Trinajstić information content (AvgIpc) is 2.58. The minimum Gasteiger partial charge on any atom is -0.444 e. The molecule has 1 saturated heterocycles. The normalized spacial score (nSPS) is 15.0. The SMILES string of the molecule is CC(C)(C)OC(=O)N1CCN(c2ccccc2CCC(=O)OF)CC1. The Morgan fingerprint density at radius 1 is 1.12 bits per heavy atom. The van der Waals surface area contributed by atoms with Gasteiger partial charge in [0.05, 0.1) is 6.42 Å². The molecule has 6 nitrogen and oxygen atoms in total. The number of hydrogen-bond acceptors (Lipinski definition) is 5. The number of nitrogens with zero attached hydrogens (tertiary/aromatic N) is 2. The van der Waals surface area contributed by atoms with Crippen molar-refractivity contribution in [3.63, 3.8) is 0 Å². The van der Waals surface area contributed by atoms with E-state index >= 15 is 0 Å². The van der Waals surface area contributed by atoms with E-state index in [1.165, 1.54) is 0 Å². The molecule has 25 heavy (non-hydrogen) atoms. The number of amides is 1. The topological polar surface area (TPSA) is 59.1 Å². The highest BCUT2D eigenvalue weighted by Gasteiger charge is 2.26. The summed E-state index contributed by atoms with van der Waals surface area (Å²) in [6.45, 7) is 8.01. The molecule has 1 amide bonds. The largest absolute Gasteiger partial charge is 0.444 e. The fraction of sp³-hybridized carbons (Fsp3) is 0.556. The summed E-state index contributed by atoms with van der Waals surface area (Å²) < 4.78 is 17.3. The van der Waals surface area contributed by atoms with E-state index in [4.69, 9.17) is 4.74 Å². The molecule has 1 fully saturated rings. The highest BCUT2D eigenvalue weighted by molar-refractivity contribution is 5.70. The van der Waals surface area contributed by atoms with Crippen LogP contribution in [0.3, 0.4) is 0 Å². The molecule has 0 aliphatic carbocycles. The number of ether oxygens (including phenoxy) is 1. The minimum atomic E-state index is -0.871. The van der Waals surface area contributed by atoms with Gasteiger partial charge in [-0.3, -0.25) is 4.94 Å². The Bertz CT molecular complexity index is 607. The lowest BCUT2D eigenvalue weighted by molar-refractivity contribution is -0.183. The zero-order valence-corrected chi connectivity index (χ0v) is 15.0. The number of carbonyl (C=O) groups excluding carboxylic acids is 2. The Morgan fingerprint density at radius 3 is 2.36 bits per heavy atom. The van der Waals surface area contributed by atoms with Gasteiger partial charge < -0.3 is 14.5 Å². The van der Waals surface area contributed by atoms with Crippen LogP contribution in [-0.2, 0) is 20.9 Å². The molecule has 7 heteroatoms. The molecule has 0 unspecified atom stereocenters. The third-order valence-electron chi connectivity index (χ3n) is 3.95. The summed E-state index contributed by atoms with van der Waals surface area (Å²) in [6.07, 6.45) is 0.0995. The maximum absolute atomic E-state index is 12.1. The number of aryl methyl sites for hydroxylation is 1. The first kappa shape index (κ1) is 19.0. The number of benzene rings is 1. The van der Waals surface area contributed by atoms with Crippen molar-refractivity contribution in [3.8, 4) is 0 Å². The van der Waals surface area contributed by atoms with Crippen molar-refractivity contribution in [2.24, 2.45) is 0 Å². The number of piperazine rings is 1. The first-order valence-electron chi connectivity index (χ1n) is 8.42. The van der Waals surface area contributed by atoms with Crippen LogP contribution in [0.5, 0.6) is 0 Å². The van der Waals surface area contributed by atoms with Gasteiger partial charge in [0.2, 0.25) is 0 Å². The van der Waals surface area contributed by atoms with Crippen molar-refractivity contribution >= 4 is 17.7 Å². The maximum Gasteiger partial charge on any atom is 0.410 e. The van der Waals surface area contributed by atoms with Gasteiger partial charge in [-0.1, -0.05) is 18.2 Å². The first-order valence-corrected chi connectivity index (χ1v) is 8.42. The predicted molar refractivity (Wildman–Crippen MR) is 92.0 cm³/mol. The fourth-order valence-corrected chi connectivity index (χ4v) is 2.76. The number of para-hydroxylation sites is 1. The van der Waals surface area contributed by atoms with Crippen LogP contribution in [0.1, 0.15) is 32.8 Å². The molecule has 1 heterocycles. The van der Waals surface area contributed by atoms with E-state index in [2.05, 4.69) is 9.84 Å². The second-order valence-corrected chi connectivity index (χ2v) is 7.03. The lowest BCUT2D eigenvalue weighted by Gasteiger charge is -2.37. The molecule has 1 aromatic rings. The van der Waals surface area contributed by atoms with E-state index in [0.717, 1.165) is 11.3 Å². The molecule has 0 bridgehead atoms. The molecule has 1 aliphatic heterocycles. The van der Waals surface area contributed by atoms with Gasteiger partial charge in [-0.2, -0.15) is 0 Å². The summed E-state index contributed by atoms with van der Waals surface area (Å²) in [4.78, 5) is 30.3. The molecule has 0 atom stereocenters. The van der Waals surface area contributed by atoms with Gasteiger partial charge in [-0.05, 0) is 38.8 Å². The highest BCUT2D eigenvalue weighted by Crippen LogP contribution is 2.24. The zero-order valence-electron chi connectivity index (χ0n) is 15.0. The van der Waals surface area contributed by atoms with E-state index < -0.39 is 11.6 Å². The maximum atomic E-state index is 12.1. The number of rotatable bonds is 4. The third kappa shape index (κ3) is 5.62. The van der Waals surface area contributed by atoms with Crippen LogP contribution in [0.15, 0.2) is 24.3 Å². The molecule has 1 aliphatic rings. The summed E-state index contributed by atoms with van der Waals surface area (Å²) in [6, 6.07) is 7.70. The van der Waals surface area contributed by atoms with Crippen molar-refractivity contribution in [2.75, 3.05) is 31.1 Å². The smallest absolute Gasteiger partial charge is 0.410 e. The fourth-order valence-electron chi connectivity index (χ4n) is 2.76. The van der Waals surface area contributed by atoms with Crippen LogP contribution < -0.4 is 4.90 Å². The summed E-state index contributed by atoms with van der Waals surface area (Å²) >= 11 is 0. The molecule has 2 rings (SSSR count). The van der Waals surface area contributed by atoms with Gasteiger partial charge in [0, 0.05) is 36.4 Å². The van der Waals surface area contributed by atoms with E-state index in [0.29, 0.717) is 32.6 Å². The molecule has 0 N–H and O–H groups in total. The van der Waals surface area contributed by atoms with Crippen molar-refractivity contribution in [3.05, 3.63) is 29.8 Å². The molecular formula is C18H25FN2O4. The summed E-state index contributed by atoms with van der Waals surface area (Å²) in [5.74, 6) is -0.871. The van der Waals surface area contributed by atoms with Gasteiger partial charge in [0.15, 0.2) is 0 Å². The van der Waals surface area contributed by atoms with E-state index in [9.17, 15) is 14.1 Å². The number of anilines is 1. The van der Waals surface area contributed by atoms with Gasteiger partial charge in [-0.25, -0.2) is 9.59 Å². The van der Waals surface area contributed by atoms with Crippen molar-refractivity contribution in [1.82, 2.24) is 4.90 Å². The molecule has 0 aromatic heterocycles. The second-order valence-electron chi connectivity index (χ2n) is 7.03. The third-order valence-corrected chi connectivity index (χ3v) is 3.95. The standard InChI is InChI=1S/C18H25FN2O4/c1-18(2,3)24-17(23)21-12-10-20(11-13-21)15-7-5-4-6-14(15)8-9-16(22)25-19/h4-7H,8-13H2,1-3H3. The Morgan fingerprint density at radius 2 is 1.76 bits per heavy atom. The van der Waals surface area contributed by atoms with Gasteiger partial charge in [0.1, 0.15) is 5.60 Å². The van der Waals surface area contributed by atoms with Crippen molar-refractivity contribution in [1.29, 1.82) is 0 Å². The van der Waals surface area contributed by atoms with Crippen LogP contribution >= 0.6 is 0 Å². The van der Waals surface area contributed by atoms with Crippen molar-refractivity contribution < 1.29 is 23.8 Å². The van der Waals surface area contributed by atoms with Crippen LogP contribution in [0, 0.1) is 0 Å². The predicted octanol–water partition coefficient (Wildman–Crippen LogP) is 3.10. The second kappa shape index (κ2) is 8.18. The van der Waals surface area contributed by atoms with Crippen LogP contribution in [0.25, 0.3) is 0 Å². The highest BCUT2D eigenvalue weighted by atomic mass is 19.3. The van der Waals surface area contributed by atoms with E-state index in [1.54, 1.807) is 4.90 Å². The molecule has 0 spiro atoms.